The lowest BCUT2D eigenvalue weighted by Gasteiger charge is -2.27. The molecular formula is C18H29NO. The van der Waals surface area contributed by atoms with Crippen molar-refractivity contribution in [3.63, 3.8) is 0 Å². The lowest BCUT2D eigenvalue weighted by molar-refractivity contribution is 0.0887. The van der Waals surface area contributed by atoms with Crippen LogP contribution in [0.3, 0.4) is 0 Å². The summed E-state index contributed by atoms with van der Waals surface area (Å²) in [5.74, 6) is 1.20. The van der Waals surface area contributed by atoms with Crippen molar-refractivity contribution in [3.8, 4) is 0 Å². The van der Waals surface area contributed by atoms with Gasteiger partial charge in [0.05, 0.1) is 6.10 Å². The van der Waals surface area contributed by atoms with Crippen molar-refractivity contribution in [3.05, 3.63) is 35.9 Å². The van der Waals surface area contributed by atoms with Gasteiger partial charge >= 0.3 is 0 Å². The topological polar surface area (TPSA) is 23.5 Å². The molecule has 2 heteroatoms. The first-order valence-corrected chi connectivity index (χ1v) is 8.16. The highest BCUT2D eigenvalue weighted by atomic mass is 16.3. The van der Waals surface area contributed by atoms with E-state index in [2.05, 4.69) is 18.7 Å². The minimum absolute atomic E-state index is 0.288. The van der Waals surface area contributed by atoms with E-state index < -0.39 is 0 Å². The van der Waals surface area contributed by atoms with Crippen molar-refractivity contribution >= 4 is 0 Å². The summed E-state index contributed by atoms with van der Waals surface area (Å²) >= 11 is 0. The standard InChI is InChI=1S/C18H29NO/c1-3-16-8-7-12-19(13-11-16)14-15(2)18(20)17-9-5-4-6-10-17/h4-6,9-10,15-16,18,20H,3,7-8,11-14H2,1-2H3. The highest BCUT2D eigenvalue weighted by Gasteiger charge is 2.21. The Bertz CT molecular complexity index is 378. The van der Waals surface area contributed by atoms with Gasteiger partial charge in [0.15, 0.2) is 0 Å². The summed E-state index contributed by atoms with van der Waals surface area (Å²) in [6.45, 7) is 7.88. The minimum atomic E-state index is -0.346. The Balaban J connectivity index is 1.86. The first kappa shape index (κ1) is 15.5. The second kappa shape index (κ2) is 7.80. The van der Waals surface area contributed by atoms with Crippen molar-refractivity contribution in [2.45, 2.75) is 45.6 Å². The molecule has 112 valence electrons. The molecule has 2 rings (SSSR count). The van der Waals surface area contributed by atoms with Crippen LogP contribution in [0, 0.1) is 11.8 Å². The molecule has 0 aliphatic carbocycles. The summed E-state index contributed by atoms with van der Waals surface area (Å²) in [5, 5.41) is 10.5. The molecule has 0 bridgehead atoms. The molecule has 1 aromatic carbocycles. The Kier molecular flexibility index (Phi) is 6.06. The summed E-state index contributed by atoms with van der Waals surface area (Å²) in [7, 11) is 0. The number of aliphatic hydroxyl groups is 1. The average molecular weight is 275 g/mol. The summed E-state index contributed by atoms with van der Waals surface area (Å²) in [5.41, 5.74) is 1.04. The highest BCUT2D eigenvalue weighted by Crippen LogP contribution is 2.25. The molecule has 1 aromatic rings. The fourth-order valence-electron chi connectivity index (χ4n) is 3.30. The summed E-state index contributed by atoms with van der Waals surface area (Å²) in [6.07, 6.45) is 4.98. The molecule has 3 unspecified atom stereocenters. The van der Waals surface area contributed by atoms with Gasteiger partial charge in [0, 0.05) is 6.54 Å². The zero-order valence-corrected chi connectivity index (χ0v) is 13.0. The van der Waals surface area contributed by atoms with Crippen LogP contribution >= 0.6 is 0 Å². The second-order valence-electron chi connectivity index (χ2n) is 6.34. The quantitative estimate of drug-likeness (QED) is 0.882. The van der Waals surface area contributed by atoms with E-state index in [1.807, 2.05) is 30.3 Å². The van der Waals surface area contributed by atoms with E-state index in [1.54, 1.807) is 0 Å². The molecular weight excluding hydrogens is 246 g/mol. The van der Waals surface area contributed by atoms with Crippen molar-refractivity contribution in [1.82, 2.24) is 4.90 Å². The van der Waals surface area contributed by atoms with Gasteiger partial charge in [-0.25, -0.2) is 0 Å². The highest BCUT2D eigenvalue weighted by molar-refractivity contribution is 5.17. The lowest BCUT2D eigenvalue weighted by Crippen LogP contribution is -2.32. The molecule has 1 fully saturated rings. The Hall–Kier alpha value is -0.860. The van der Waals surface area contributed by atoms with Gasteiger partial charge in [0.1, 0.15) is 0 Å². The maximum absolute atomic E-state index is 10.5. The van der Waals surface area contributed by atoms with Crippen molar-refractivity contribution in [2.24, 2.45) is 11.8 Å². The van der Waals surface area contributed by atoms with Crippen LogP contribution in [0.4, 0.5) is 0 Å². The molecule has 0 radical (unpaired) electrons. The third kappa shape index (κ3) is 4.32. The van der Waals surface area contributed by atoms with Gasteiger partial charge in [0.2, 0.25) is 0 Å². The molecule has 0 saturated carbocycles. The molecule has 0 amide bonds. The van der Waals surface area contributed by atoms with Gasteiger partial charge < -0.3 is 10.0 Å². The van der Waals surface area contributed by atoms with Crippen molar-refractivity contribution in [1.29, 1.82) is 0 Å². The van der Waals surface area contributed by atoms with Crippen molar-refractivity contribution < 1.29 is 5.11 Å². The van der Waals surface area contributed by atoms with Gasteiger partial charge in [0.25, 0.3) is 0 Å². The van der Waals surface area contributed by atoms with E-state index in [0.717, 1.165) is 18.0 Å². The third-order valence-electron chi connectivity index (χ3n) is 4.74. The first-order chi connectivity index (χ1) is 9.70. The van der Waals surface area contributed by atoms with E-state index in [1.165, 1.54) is 38.8 Å². The van der Waals surface area contributed by atoms with Gasteiger partial charge in [-0.05, 0) is 49.8 Å². The number of aliphatic hydroxyl groups excluding tert-OH is 1. The van der Waals surface area contributed by atoms with Gasteiger partial charge in [-0.15, -0.1) is 0 Å². The number of hydrogen-bond acceptors (Lipinski definition) is 2. The Labute approximate surface area is 123 Å². The van der Waals surface area contributed by atoms with Crippen LogP contribution in [0.15, 0.2) is 30.3 Å². The Morgan fingerprint density at radius 1 is 1.20 bits per heavy atom. The fourth-order valence-corrected chi connectivity index (χ4v) is 3.30. The van der Waals surface area contributed by atoms with E-state index in [9.17, 15) is 5.11 Å². The largest absolute Gasteiger partial charge is 0.388 e. The predicted molar refractivity (Wildman–Crippen MR) is 84.6 cm³/mol. The fraction of sp³-hybridized carbons (Fsp3) is 0.667. The summed E-state index contributed by atoms with van der Waals surface area (Å²) in [6, 6.07) is 10.1. The number of rotatable bonds is 5. The molecule has 3 atom stereocenters. The lowest BCUT2D eigenvalue weighted by atomic mass is 9.96. The smallest absolute Gasteiger partial charge is 0.0827 e. The molecule has 1 N–H and O–H groups in total. The van der Waals surface area contributed by atoms with Crippen LogP contribution in [-0.2, 0) is 0 Å². The zero-order chi connectivity index (χ0) is 14.4. The number of likely N-dealkylation sites (tertiary alicyclic amines) is 1. The Morgan fingerprint density at radius 3 is 2.65 bits per heavy atom. The SMILES string of the molecule is CCC1CCCN(CC(C)C(O)c2ccccc2)CC1. The van der Waals surface area contributed by atoms with Crippen LogP contribution in [-0.4, -0.2) is 29.6 Å². The molecule has 0 spiro atoms. The monoisotopic (exact) mass is 275 g/mol. The summed E-state index contributed by atoms with van der Waals surface area (Å²) in [4.78, 5) is 2.55. The van der Waals surface area contributed by atoms with Crippen LogP contribution < -0.4 is 0 Å². The average Bonchev–Trinajstić information content (AvgIpc) is 2.72. The number of benzene rings is 1. The normalized spacial score (nSPS) is 24.1. The van der Waals surface area contributed by atoms with E-state index in [0.29, 0.717) is 0 Å². The van der Waals surface area contributed by atoms with E-state index in [4.69, 9.17) is 0 Å². The third-order valence-corrected chi connectivity index (χ3v) is 4.74. The molecule has 20 heavy (non-hydrogen) atoms. The number of nitrogens with zero attached hydrogens (tertiary/aromatic N) is 1. The molecule has 0 aromatic heterocycles. The summed E-state index contributed by atoms with van der Waals surface area (Å²) < 4.78 is 0. The van der Waals surface area contributed by atoms with Crippen LogP contribution in [0.25, 0.3) is 0 Å². The molecule has 1 heterocycles. The maximum Gasteiger partial charge on any atom is 0.0827 e. The van der Waals surface area contributed by atoms with E-state index >= 15 is 0 Å². The minimum Gasteiger partial charge on any atom is -0.388 e. The molecule has 1 saturated heterocycles. The molecule has 1 aliphatic rings. The van der Waals surface area contributed by atoms with Gasteiger partial charge in [-0.3, -0.25) is 0 Å². The van der Waals surface area contributed by atoms with Gasteiger partial charge in [-0.2, -0.15) is 0 Å². The van der Waals surface area contributed by atoms with Gasteiger partial charge in [-0.1, -0.05) is 50.6 Å². The molecule has 2 nitrogen and oxygen atoms in total. The Morgan fingerprint density at radius 2 is 1.95 bits per heavy atom. The zero-order valence-electron chi connectivity index (χ0n) is 13.0. The molecule has 1 aliphatic heterocycles. The van der Waals surface area contributed by atoms with Crippen LogP contribution in [0.1, 0.15) is 51.2 Å². The van der Waals surface area contributed by atoms with Crippen LogP contribution in [0.5, 0.6) is 0 Å². The maximum atomic E-state index is 10.5. The number of hydrogen-bond donors (Lipinski definition) is 1. The predicted octanol–water partition coefficient (Wildman–Crippen LogP) is 3.87. The first-order valence-electron chi connectivity index (χ1n) is 8.16. The van der Waals surface area contributed by atoms with Crippen LogP contribution in [0.2, 0.25) is 0 Å². The van der Waals surface area contributed by atoms with E-state index in [-0.39, 0.29) is 12.0 Å². The van der Waals surface area contributed by atoms with Crippen molar-refractivity contribution in [2.75, 3.05) is 19.6 Å². The second-order valence-corrected chi connectivity index (χ2v) is 6.34.